The Labute approximate surface area is 282 Å². The summed E-state index contributed by atoms with van der Waals surface area (Å²) in [5.41, 5.74) is 17.0. The van der Waals surface area contributed by atoms with E-state index in [0.717, 1.165) is 32.1 Å². The van der Waals surface area contributed by atoms with Gasteiger partial charge in [-0.15, -0.1) is 0 Å². The Kier molecular flexibility index (Phi) is 10.3. The van der Waals surface area contributed by atoms with Gasteiger partial charge in [0.2, 0.25) is 0 Å². The molecule has 1 fully saturated rings. The van der Waals surface area contributed by atoms with Crippen LogP contribution in [0.3, 0.4) is 0 Å². The number of hydrogen-bond acceptors (Lipinski definition) is 4. The van der Waals surface area contributed by atoms with Gasteiger partial charge in [0.25, 0.3) is 0 Å². The minimum Gasteiger partial charge on any atom is -0.454 e. The van der Waals surface area contributed by atoms with Crippen LogP contribution in [-0.4, -0.2) is 0 Å². The van der Waals surface area contributed by atoms with E-state index in [1.165, 1.54) is 60.1 Å². The molecular weight excluding hydrogens is 602 g/mol. The van der Waals surface area contributed by atoms with Crippen LogP contribution < -0.4 is 20.9 Å². The topological polar surface area (TPSA) is 70.5 Å². The summed E-state index contributed by atoms with van der Waals surface area (Å²) >= 11 is 0. The molecule has 0 aliphatic heterocycles. The van der Waals surface area contributed by atoms with Gasteiger partial charge in [0.1, 0.15) is 11.5 Å². The number of nitrogen functional groups attached to an aromatic ring is 2. The highest BCUT2D eigenvalue weighted by Gasteiger charge is 2.39. The molecule has 1 aliphatic rings. The van der Waals surface area contributed by atoms with Gasteiger partial charge < -0.3 is 20.9 Å². The van der Waals surface area contributed by atoms with Crippen LogP contribution in [0, 0.1) is 11.6 Å². The second-order valence-corrected chi connectivity index (χ2v) is 13.0. The van der Waals surface area contributed by atoms with Crippen molar-refractivity contribution in [2.24, 2.45) is 0 Å². The number of rotatable bonds is 12. The third-order valence-corrected chi connectivity index (χ3v) is 9.79. The average Bonchev–Trinajstić information content (AvgIpc) is 3.10. The first-order valence-electron chi connectivity index (χ1n) is 17.1. The molecule has 0 spiro atoms. The molecule has 0 heterocycles. The molecular formula is C42H44F2N2O2. The molecule has 248 valence electrons. The number of unbranched alkanes of at least 4 members (excludes halogenated alkanes) is 3. The third kappa shape index (κ3) is 7.65. The highest BCUT2D eigenvalue weighted by Crippen LogP contribution is 2.49. The van der Waals surface area contributed by atoms with E-state index < -0.39 is 11.6 Å². The predicted molar refractivity (Wildman–Crippen MR) is 191 cm³/mol. The van der Waals surface area contributed by atoms with Crippen LogP contribution in [0.4, 0.5) is 20.2 Å². The number of benzene rings is 5. The van der Waals surface area contributed by atoms with Crippen molar-refractivity contribution in [1.82, 2.24) is 0 Å². The summed E-state index contributed by atoms with van der Waals surface area (Å²) in [7, 11) is 0. The van der Waals surface area contributed by atoms with Gasteiger partial charge in [0.05, 0.1) is 0 Å². The van der Waals surface area contributed by atoms with Crippen LogP contribution in [0.2, 0.25) is 0 Å². The fourth-order valence-corrected chi connectivity index (χ4v) is 7.04. The Bertz CT molecular complexity index is 1700. The number of ether oxygens (including phenoxy) is 2. The van der Waals surface area contributed by atoms with Gasteiger partial charge >= 0.3 is 0 Å². The molecule has 0 aromatic heterocycles. The summed E-state index contributed by atoms with van der Waals surface area (Å²) in [4.78, 5) is 0. The quantitative estimate of drug-likeness (QED) is 0.105. The molecule has 6 heteroatoms. The average molecular weight is 647 g/mol. The lowest BCUT2D eigenvalue weighted by Gasteiger charge is -2.41. The first-order valence-corrected chi connectivity index (χ1v) is 17.1. The number of anilines is 2. The van der Waals surface area contributed by atoms with Crippen molar-refractivity contribution in [2.45, 2.75) is 76.0 Å². The largest absolute Gasteiger partial charge is 0.454 e. The summed E-state index contributed by atoms with van der Waals surface area (Å²) in [6, 6.07) is 34.1. The molecule has 0 unspecified atom stereocenters. The van der Waals surface area contributed by atoms with E-state index >= 15 is 0 Å². The maximum atomic E-state index is 14.4. The van der Waals surface area contributed by atoms with Gasteiger partial charge in [0.15, 0.2) is 23.1 Å². The molecule has 0 bridgehead atoms. The van der Waals surface area contributed by atoms with E-state index in [0.29, 0.717) is 28.8 Å². The standard InChI is InChI=1S/C42H44F2N2O2/c1-2-3-4-5-6-29-7-9-30(10-8-29)31-23-25-42(26-24-31,32-11-17-36(18-12-32)47-40-21-15-34(45)27-38(40)43)33-13-19-37(20-14-33)48-41-22-16-35(46)28-39(41)44/h7-22,27-28,31H,2-6,23-26,45-46H2,1H3. The van der Waals surface area contributed by atoms with Crippen LogP contribution in [0.15, 0.2) is 109 Å². The number of aryl methyl sites for hydroxylation is 1. The monoisotopic (exact) mass is 646 g/mol. The molecule has 0 atom stereocenters. The highest BCUT2D eigenvalue weighted by molar-refractivity contribution is 5.48. The van der Waals surface area contributed by atoms with Crippen molar-refractivity contribution < 1.29 is 18.3 Å². The van der Waals surface area contributed by atoms with Crippen LogP contribution in [0.25, 0.3) is 0 Å². The van der Waals surface area contributed by atoms with Crippen molar-refractivity contribution in [3.8, 4) is 23.0 Å². The van der Waals surface area contributed by atoms with Gasteiger partial charge in [-0.1, -0.05) is 74.7 Å². The molecule has 5 aromatic rings. The fraction of sp³-hybridized carbons (Fsp3) is 0.286. The van der Waals surface area contributed by atoms with E-state index in [1.54, 1.807) is 24.3 Å². The van der Waals surface area contributed by atoms with E-state index in [9.17, 15) is 8.78 Å². The molecule has 5 aromatic carbocycles. The summed E-state index contributed by atoms with van der Waals surface area (Å²) in [5, 5.41) is 0. The van der Waals surface area contributed by atoms with E-state index in [4.69, 9.17) is 20.9 Å². The van der Waals surface area contributed by atoms with E-state index in [1.807, 2.05) is 24.3 Å². The number of halogens is 2. The summed E-state index contributed by atoms with van der Waals surface area (Å²) in [5.74, 6) is 0.851. The second-order valence-electron chi connectivity index (χ2n) is 13.0. The molecule has 0 saturated heterocycles. The Hall–Kier alpha value is -4.84. The van der Waals surface area contributed by atoms with Crippen molar-refractivity contribution >= 4 is 11.4 Å². The van der Waals surface area contributed by atoms with Crippen LogP contribution >= 0.6 is 0 Å². The molecule has 4 N–H and O–H groups in total. The normalized spacial score (nSPS) is 14.5. The lowest BCUT2D eigenvalue weighted by Crippen LogP contribution is -2.32. The van der Waals surface area contributed by atoms with Gasteiger partial charge in [-0.2, -0.15) is 0 Å². The molecule has 4 nitrogen and oxygen atoms in total. The maximum absolute atomic E-state index is 14.4. The summed E-state index contributed by atoms with van der Waals surface area (Å²) in [6.07, 6.45) is 10.2. The maximum Gasteiger partial charge on any atom is 0.167 e. The second kappa shape index (κ2) is 14.9. The van der Waals surface area contributed by atoms with Crippen molar-refractivity contribution in [3.63, 3.8) is 0 Å². The smallest absolute Gasteiger partial charge is 0.167 e. The zero-order chi connectivity index (χ0) is 33.5. The third-order valence-electron chi connectivity index (χ3n) is 9.79. The number of nitrogens with two attached hydrogens (primary N) is 2. The summed E-state index contributed by atoms with van der Waals surface area (Å²) < 4.78 is 40.6. The zero-order valence-corrected chi connectivity index (χ0v) is 27.6. The Morgan fingerprint density at radius 1 is 0.625 bits per heavy atom. The van der Waals surface area contributed by atoms with Crippen molar-refractivity contribution in [1.29, 1.82) is 0 Å². The van der Waals surface area contributed by atoms with E-state index in [-0.39, 0.29) is 16.9 Å². The molecule has 1 saturated carbocycles. The van der Waals surface area contributed by atoms with Crippen LogP contribution in [0.5, 0.6) is 23.0 Å². The summed E-state index contributed by atoms with van der Waals surface area (Å²) in [6.45, 7) is 2.25. The van der Waals surface area contributed by atoms with Gasteiger partial charge in [-0.25, -0.2) is 8.78 Å². The SMILES string of the molecule is CCCCCCc1ccc(C2CCC(c3ccc(Oc4ccc(N)cc4F)cc3)(c3ccc(Oc4ccc(N)cc4F)cc3)CC2)cc1. The van der Waals surface area contributed by atoms with Crippen molar-refractivity contribution in [3.05, 3.63) is 143 Å². The molecule has 6 rings (SSSR count). The molecule has 0 radical (unpaired) electrons. The van der Waals surface area contributed by atoms with Gasteiger partial charge in [0, 0.05) is 28.9 Å². The Morgan fingerprint density at radius 2 is 1.12 bits per heavy atom. The lowest BCUT2D eigenvalue weighted by molar-refractivity contribution is 0.314. The van der Waals surface area contributed by atoms with Crippen LogP contribution in [-0.2, 0) is 11.8 Å². The molecule has 1 aliphatic carbocycles. The molecule has 48 heavy (non-hydrogen) atoms. The van der Waals surface area contributed by atoms with Crippen molar-refractivity contribution in [2.75, 3.05) is 11.5 Å². The first kappa shape index (κ1) is 33.1. The Morgan fingerprint density at radius 3 is 1.58 bits per heavy atom. The zero-order valence-electron chi connectivity index (χ0n) is 27.6. The molecule has 0 amide bonds. The fourth-order valence-electron chi connectivity index (χ4n) is 7.04. The van der Waals surface area contributed by atoms with Gasteiger partial charge in [-0.05, 0) is 115 Å². The lowest BCUT2D eigenvalue weighted by atomic mass is 9.62. The van der Waals surface area contributed by atoms with Gasteiger partial charge in [-0.3, -0.25) is 0 Å². The Balaban J connectivity index is 1.23. The minimum absolute atomic E-state index is 0.132. The number of hydrogen-bond donors (Lipinski definition) is 2. The minimum atomic E-state index is -0.500. The van der Waals surface area contributed by atoms with Crippen LogP contribution in [0.1, 0.15) is 86.5 Å². The van der Waals surface area contributed by atoms with E-state index in [2.05, 4.69) is 55.5 Å². The predicted octanol–water partition coefficient (Wildman–Crippen LogP) is 11.5. The highest BCUT2D eigenvalue weighted by atomic mass is 19.1. The first-order chi connectivity index (χ1) is 23.3.